The maximum atomic E-state index is 12.5. The highest BCUT2D eigenvalue weighted by Gasteiger charge is 2.35. The van der Waals surface area contributed by atoms with E-state index in [-0.39, 0.29) is 18.5 Å². The summed E-state index contributed by atoms with van der Waals surface area (Å²) < 4.78 is 38.5. The largest absolute Gasteiger partial charge is 0.435 e. The van der Waals surface area contributed by atoms with Crippen molar-refractivity contribution in [3.8, 4) is 0 Å². The molecule has 0 aliphatic heterocycles. The van der Waals surface area contributed by atoms with Crippen molar-refractivity contribution in [2.75, 3.05) is 0 Å². The van der Waals surface area contributed by atoms with E-state index in [9.17, 15) is 18.0 Å². The first-order chi connectivity index (χ1) is 10.9. The topological polar surface area (TPSA) is 46.9 Å². The molecule has 23 heavy (non-hydrogen) atoms. The molecule has 1 saturated carbocycles. The Hall–Kier alpha value is -2.31. The maximum Gasteiger partial charge on any atom is 0.435 e. The third-order valence-electron chi connectivity index (χ3n) is 3.81. The van der Waals surface area contributed by atoms with E-state index in [1.165, 1.54) is 0 Å². The molecule has 1 amide bonds. The van der Waals surface area contributed by atoms with E-state index in [0.717, 1.165) is 35.4 Å². The van der Waals surface area contributed by atoms with Gasteiger partial charge in [-0.05, 0) is 30.4 Å². The zero-order chi connectivity index (χ0) is 16.4. The van der Waals surface area contributed by atoms with Gasteiger partial charge in [-0.15, -0.1) is 0 Å². The van der Waals surface area contributed by atoms with Gasteiger partial charge in [0.25, 0.3) is 0 Å². The highest BCUT2D eigenvalue weighted by Crippen LogP contribution is 2.40. The number of nitrogens with one attached hydrogen (secondary N) is 1. The molecule has 1 aromatic carbocycles. The first-order valence-corrected chi connectivity index (χ1v) is 7.38. The Kier molecular flexibility index (Phi) is 4.11. The molecule has 0 bridgehead atoms. The van der Waals surface area contributed by atoms with E-state index in [0.29, 0.717) is 5.92 Å². The molecule has 1 unspecified atom stereocenters. The van der Waals surface area contributed by atoms with Crippen LogP contribution in [0.1, 0.15) is 30.1 Å². The summed E-state index contributed by atoms with van der Waals surface area (Å²) in [5, 5.41) is 6.30. The molecule has 1 heterocycles. The van der Waals surface area contributed by atoms with Gasteiger partial charge in [0.2, 0.25) is 5.91 Å². The number of carbonyl (C=O) groups is 1. The van der Waals surface area contributed by atoms with Crippen molar-refractivity contribution in [2.45, 2.75) is 31.6 Å². The van der Waals surface area contributed by atoms with Gasteiger partial charge >= 0.3 is 6.18 Å². The zero-order valence-corrected chi connectivity index (χ0v) is 12.3. The number of halogens is 3. The fraction of sp³-hybridized carbons (Fsp3) is 0.375. The summed E-state index contributed by atoms with van der Waals surface area (Å²) in [6.07, 6.45) is -1.25. The molecule has 1 aliphatic carbocycles. The minimum Gasteiger partial charge on any atom is -0.347 e. The molecule has 1 N–H and O–H groups in total. The fourth-order valence-electron chi connectivity index (χ4n) is 2.53. The second kappa shape index (κ2) is 6.06. The van der Waals surface area contributed by atoms with Gasteiger partial charge in [0.05, 0.1) is 6.04 Å². The quantitative estimate of drug-likeness (QED) is 0.919. The standard InChI is InChI=1S/C16H16F3N3O/c17-16(18,19)13-8-9-22(21-13)10-14(23)20-15(12-6-7-12)11-4-2-1-3-5-11/h1-5,8-9,12,15H,6-7,10H2,(H,20,23). The average molecular weight is 323 g/mol. The summed E-state index contributed by atoms with van der Waals surface area (Å²) in [5.41, 5.74) is 0.0203. The molecule has 1 fully saturated rings. The second-order valence-electron chi connectivity index (χ2n) is 5.69. The molecular formula is C16H16F3N3O. The van der Waals surface area contributed by atoms with Gasteiger partial charge in [0, 0.05) is 6.20 Å². The number of hydrogen-bond acceptors (Lipinski definition) is 2. The SMILES string of the molecule is O=C(Cn1ccc(C(F)(F)F)n1)NC(c1ccccc1)C1CC1. The molecular weight excluding hydrogens is 307 g/mol. The van der Waals surface area contributed by atoms with Crippen LogP contribution in [-0.2, 0) is 17.5 Å². The van der Waals surface area contributed by atoms with Crippen molar-refractivity contribution >= 4 is 5.91 Å². The Balaban J connectivity index is 1.65. The van der Waals surface area contributed by atoms with Crippen LogP contribution < -0.4 is 5.32 Å². The molecule has 4 nitrogen and oxygen atoms in total. The van der Waals surface area contributed by atoms with Crippen molar-refractivity contribution in [3.63, 3.8) is 0 Å². The van der Waals surface area contributed by atoms with Crippen LogP contribution in [0.15, 0.2) is 42.6 Å². The van der Waals surface area contributed by atoms with Gasteiger partial charge in [-0.25, -0.2) is 0 Å². The Morgan fingerprint density at radius 3 is 2.52 bits per heavy atom. The van der Waals surface area contributed by atoms with E-state index in [1.807, 2.05) is 30.3 Å². The Morgan fingerprint density at radius 2 is 1.96 bits per heavy atom. The van der Waals surface area contributed by atoms with Crippen LogP contribution in [-0.4, -0.2) is 15.7 Å². The highest BCUT2D eigenvalue weighted by molar-refractivity contribution is 5.76. The van der Waals surface area contributed by atoms with Gasteiger partial charge in [0.1, 0.15) is 6.54 Å². The van der Waals surface area contributed by atoms with Crippen LogP contribution in [0, 0.1) is 5.92 Å². The lowest BCUT2D eigenvalue weighted by Gasteiger charge is -2.18. The second-order valence-corrected chi connectivity index (χ2v) is 5.69. The molecule has 122 valence electrons. The van der Waals surface area contributed by atoms with E-state index < -0.39 is 11.9 Å². The smallest absolute Gasteiger partial charge is 0.347 e. The highest BCUT2D eigenvalue weighted by atomic mass is 19.4. The Morgan fingerprint density at radius 1 is 1.26 bits per heavy atom. The van der Waals surface area contributed by atoms with Crippen LogP contribution in [0.3, 0.4) is 0 Å². The summed E-state index contributed by atoms with van der Waals surface area (Å²) in [4.78, 5) is 12.1. The van der Waals surface area contributed by atoms with Gasteiger partial charge in [0.15, 0.2) is 5.69 Å². The van der Waals surface area contributed by atoms with Crippen molar-refractivity contribution in [1.29, 1.82) is 0 Å². The molecule has 1 atom stereocenters. The number of amides is 1. The first-order valence-electron chi connectivity index (χ1n) is 7.38. The summed E-state index contributed by atoms with van der Waals surface area (Å²) in [6.45, 7) is -0.230. The molecule has 3 rings (SSSR count). The first kappa shape index (κ1) is 15.6. The summed E-state index contributed by atoms with van der Waals surface area (Å²) in [7, 11) is 0. The van der Waals surface area contributed by atoms with Crippen LogP contribution in [0.25, 0.3) is 0 Å². The number of alkyl halides is 3. The lowest BCUT2D eigenvalue weighted by molar-refractivity contribution is -0.141. The number of carbonyl (C=O) groups excluding carboxylic acids is 1. The van der Waals surface area contributed by atoms with E-state index >= 15 is 0 Å². The predicted molar refractivity (Wildman–Crippen MR) is 77.3 cm³/mol. The van der Waals surface area contributed by atoms with Gasteiger partial charge in [-0.3, -0.25) is 9.48 Å². The molecule has 7 heteroatoms. The molecule has 1 aromatic heterocycles. The third kappa shape index (κ3) is 3.91. The fourth-order valence-corrected chi connectivity index (χ4v) is 2.53. The summed E-state index contributed by atoms with van der Waals surface area (Å²) in [6, 6.07) is 10.4. The van der Waals surface area contributed by atoms with E-state index in [1.54, 1.807) is 0 Å². The number of benzene rings is 1. The van der Waals surface area contributed by atoms with Gasteiger partial charge in [-0.2, -0.15) is 18.3 Å². The monoisotopic (exact) mass is 323 g/mol. The number of hydrogen-bond donors (Lipinski definition) is 1. The average Bonchev–Trinajstić information content (AvgIpc) is 3.23. The number of rotatable bonds is 5. The molecule has 0 saturated heterocycles. The molecule has 0 radical (unpaired) electrons. The normalized spacial score (nSPS) is 16.1. The number of aromatic nitrogens is 2. The third-order valence-corrected chi connectivity index (χ3v) is 3.81. The molecule has 2 aromatic rings. The van der Waals surface area contributed by atoms with Crippen molar-refractivity contribution in [2.24, 2.45) is 5.92 Å². The summed E-state index contributed by atoms with van der Waals surface area (Å²) in [5.74, 6) is 0.0484. The van der Waals surface area contributed by atoms with Crippen LogP contribution in [0.4, 0.5) is 13.2 Å². The maximum absolute atomic E-state index is 12.5. The van der Waals surface area contributed by atoms with E-state index in [2.05, 4.69) is 10.4 Å². The van der Waals surface area contributed by atoms with Crippen LogP contribution in [0.2, 0.25) is 0 Å². The van der Waals surface area contributed by atoms with Crippen LogP contribution in [0.5, 0.6) is 0 Å². The Bertz CT molecular complexity index is 677. The predicted octanol–water partition coefficient (Wildman–Crippen LogP) is 3.17. The van der Waals surface area contributed by atoms with Crippen molar-refractivity contribution < 1.29 is 18.0 Å². The zero-order valence-electron chi connectivity index (χ0n) is 12.3. The minimum atomic E-state index is -4.50. The summed E-state index contributed by atoms with van der Waals surface area (Å²) >= 11 is 0. The lowest BCUT2D eigenvalue weighted by Crippen LogP contribution is -2.32. The van der Waals surface area contributed by atoms with E-state index in [4.69, 9.17) is 0 Å². The van der Waals surface area contributed by atoms with Gasteiger partial charge < -0.3 is 5.32 Å². The molecule has 1 aliphatic rings. The van der Waals surface area contributed by atoms with Crippen molar-refractivity contribution in [3.05, 3.63) is 53.9 Å². The van der Waals surface area contributed by atoms with Crippen molar-refractivity contribution in [1.82, 2.24) is 15.1 Å². The lowest BCUT2D eigenvalue weighted by atomic mass is 10.0. The van der Waals surface area contributed by atoms with Crippen LogP contribution >= 0.6 is 0 Å². The number of nitrogens with zero attached hydrogens (tertiary/aromatic N) is 2. The van der Waals surface area contributed by atoms with Gasteiger partial charge in [-0.1, -0.05) is 30.3 Å². The minimum absolute atomic E-state index is 0.0960. The molecule has 0 spiro atoms. The Labute approximate surface area is 131 Å².